The first-order chi connectivity index (χ1) is 6.77. The number of para-hydroxylation sites is 1. The van der Waals surface area contributed by atoms with E-state index in [-0.39, 0.29) is 5.75 Å². The van der Waals surface area contributed by atoms with Gasteiger partial charge in [0.15, 0.2) is 0 Å². The van der Waals surface area contributed by atoms with E-state index in [1.165, 1.54) is 6.07 Å². The summed E-state index contributed by atoms with van der Waals surface area (Å²) >= 11 is 0. The largest absolute Gasteiger partial charge is 0.507 e. The average molecular weight is 188 g/mol. The molecule has 0 amide bonds. The number of benzene rings is 1. The molecule has 0 saturated heterocycles. The SMILES string of the molecule is O=c1cccc(-c2ccccc2O)o1. The standard InChI is InChI=1S/C11H8O3/c12-9-5-2-1-4-8(9)10-6-3-7-11(13)14-10/h1-7,12H. The van der Waals surface area contributed by atoms with Crippen molar-refractivity contribution in [2.45, 2.75) is 0 Å². The lowest BCUT2D eigenvalue weighted by atomic mass is 10.1. The van der Waals surface area contributed by atoms with Gasteiger partial charge in [-0.2, -0.15) is 0 Å². The predicted octanol–water partition coefficient (Wildman–Crippen LogP) is 2.01. The van der Waals surface area contributed by atoms with E-state index in [0.29, 0.717) is 11.3 Å². The molecule has 0 aliphatic heterocycles. The number of hydrogen-bond acceptors (Lipinski definition) is 3. The zero-order valence-corrected chi connectivity index (χ0v) is 7.31. The lowest BCUT2D eigenvalue weighted by Gasteiger charge is -2.01. The minimum atomic E-state index is -0.425. The molecular weight excluding hydrogens is 180 g/mol. The maximum atomic E-state index is 10.9. The van der Waals surface area contributed by atoms with Gasteiger partial charge in [0, 0.05) is 6.07 Å². The molecule has 0 radical (unpaired) electrons. The Morgan fingerprint density at radius 1 is 1.00 bits per heavy atom. The molecule has 70 valence electrons. The van der Waals surface area contributed by atoms with Crippen LogP contribution in [0.5, 0.6) is 5.75 Å². The molecule has 14 heavy (non-hydrogen) atoms. The van der Waals surface area contributed by atoms with E-state index >= 15 is 0 Å². The molecule has 1 N–H and O–H groups in total. The van der Waals surface area contributed by atoms with Gasteiger partial charge >= 0.3 is 5.63 Å². The Morgan fingerprint density at radius 2 is 1.79 bits per heavy atom. The van der Waals surface area contributed by atoms with Gasteiger partial charge in [-0.25, -0.2) is 4.79 Å². The van der Waals surface area contributed by atoms with Crippen molar-refractivity contribution >= 4 is 0 Å². The molecule has 1 aromatic carbocycles. The summed E-state index contributed by atoms with van der Waals surface area (Å²) in [5.74, 6) is 0.470. The van der Waals surface area contributed by atoms with Gasteiger partial charge in [0.25, 0.3) is 0 Å². The van der Waals surface area contributed by atoms with E-state index in [1.807, 2.05) is 0 Å². The first kappa shape index (κ1) is 8.56. The summed E-state index contributed by atoms with van der Waals surface area (Å²) in [6, 6.07) is 11.3. The molecule has 0 aliphatic rings. The average Bonchev–Trinajstić information content (AvgIpc) is 2.18. The fourth-order valence-electron chi connectivity index (χ4n) is 1.22. The van der Waals surface area contributed by atoms with E-state index in [2.05, 4.69) is 0 Å². The van der Waals surface area contributed by atoms with Gasteiger partial charge in [-0.1, -0.05) is 18.2 Å². The summed E-state index contributed by atoms with van der Waals surface area (Å²) in [5.41, 5.74) is 0.0935. The monoisotopic (exact) mass is 188 g/mol. The highest BCUT2D eigenvalue weighted by atomic mass is 16.4. The Balaban J connectivity index is 2.61. The molecule has 0 bridgehead atoms. The number of rotatable bonds is 1. The van der Waals surface area contributed by atoms with Crippen LogP contribution in [-0.4, -0.2) is 5.11 Å². The second-order valence-corrected chi connectivity index (χ2v) is 2.83. The van der Waals surface area contributed by atoms with Crippen LogP contribution in [0.15, 0.2) is 51.7 Å². The Morgan fingerprint density at radius 3 is 2.50 bits per heavy atom. The summed E-state index contributed by atoms with van der Waals surface area (Å²) in [6.45, 7) is 0. The minimum Gasteiger partial charge on any atom is -0.507 e. The van der Waals surface area contributed by atoms with Gasteiger partial charge in [0.05, 0.1) is 5.56 Å². The van der Waals surface area contributed by atoms with Crippen LogP contribution in [0.25, 0.3) is 11.3 Å². The Bertz CT molecular complexity index is 500. The zero-order valence-electron chi connectivity index (χ0n) is 7.31. The van der Waals surface area contributed by atoms with Crippen LogP contribution >= 0.6 is 0 Å². The van der Waals surface area contributed by atoms with Crippen LogP contribution in [0.2, 0.25) is 0 Å². The van der Waals surface area contributed by atoms with Gasteiger partial charge in [-0.05, 0) is 18.2 Å². The molecule has 0 atom stereocenters. The van der Waals surface area contributed by atoms with Crippen LogP contribution in [0.1, 0.15) is 0 Å². The van der Waals surface area contributed by atoms with E-state index in [4.69, 9.17) is 4.42 Å². The quantitative estimate of drug-likeness (QED) is 0.744. The summed E-state index contributed by atoms with van der Waals surface area (Å²) < 4.78 is 4.93. The predicted molar refractivity (Wildman–Crippen MR) is 52.1 cm³/mol. The molecule has 1 aromatic heterocycles. The van der Waals surface area contributed by atoms with Gasteiger partial charge in [-0.3, -0.25) is 0 Å². The number of aromatic hydroxyl groups is 1. The van der Waals surface area contributed by atoms with Crippen molar-refractivity contribution in [2.24, 2.45) is 0 Å². The van der Waals surface area contributed by atoms with E-state index in [1.54, 1.807) is 36.4 Å². The summed E-state index contributed by atoms with van der Waals surface area (Å²) in [4.78, 5) is 10.9. The van der Waals surface area contributed by atoms with Crippen molar-refractivity contribution in [3.05, 3.63) is 52.9 Å². The number of phenols is 1. The Hall–Kier alpha value is -2.03. The highest BCUT2D eigenvalue weighted by molar-refractivity contribution is 5.64. The molecule has 0 aliphatic carbocycles. The van der Waals surface area contributed by atoms with Crippen molar-refractivity contribution in [2.75, 3.05) is 0 Å². The minimum absolute atomic E-state index is 0.0989. The van der Waals surface area contributed by atoms with E-state index in [9.17, 15) is 9.90 Å². The third-order valence-electron chi connectivity index (χ3n) is 1.86. The second-order valence-electron chi connectivity index (χ2n) is 2.83. The Labute approximate surface area is 80.2 Å². The van der Waals surface area contributed by atoms with E-state index in [0.717, 1.165) is 0 Å². The third kappa shape index (κ3) is 1.52. The van der Waals surface area contributed by atoms with E-state index < -0.39 is 5.63 Å². The molecule has 2 aromatic rings. The summed E-state index contributed by atoms with van der Waals surface area (Å²) in [7, 11) is 0. The second kappa shape index (κ2) is 3.38. The molecule has 3 nitrogen and oxygen atoms in total. The van der Waals surface area contributed by atoms with Crippen LogP contribution in [0, 0.1) is 0 Å². The highest BCUT2D eigenvalue weighted by Crippen LogP contribution is 2.26. The smallest absolute Gasteiger partial charge is 0.336 e. The number of phenolic OH excluding ortho intramolecular Hbond substituents is 1. The summed E-state index contributed by atoms with van der Waals surface area (Å²) in [5, 5.41) is 9.49. The van der Waals surface area contributed by atoms with Crippen LogP contribution in [0.3, 0.4) is 0 Å². The van der Waals surface area contributed by atoms with Gasteiger partial charge < -0.3 is 9.52 Å². The van der Waals surface area contributed by atoms with Crippen LogP contribution in [0.4, 0.5) is 0 Å². The fraction of sp³-hybridized carbons (Fsp3) is 0. The van der Waals surface area contributed by atoms with Crippen molar-refractivity contribution < 1.29 is 9.52 Å². The van der Waals surface area contributed by atoms with Gasteiger partial charge in [-0.15, -0.1) is 0 Å². The Kier molecular flexibility index (Phi) is 2.07. The summed E-state index contributed by atoms with van der Waals surface area (Å²) in [6.07, 6.45) is 0. The lowest BCUT2D eigenvalue weighted by Crippen LogP contribution is -1.95. The number of hydrogen-bond donors (Lipinski definition) is 1. The molecule has 3 heteroatoms. The van der Waals surface area contributed by atoms with Gasteiger partial charge in [0.1, 0.15) is 11.5 Å². The molecule has 2 rings (SSSR count). The molecule has 0 saturated carbocycles. The molecular formula is C11H8O3. The van der Waals surface area contributed by atoms with Crippen LogP contribution in [-0.2, 0) is 0 Å². The lowest BCUT2D eigenvalue weighted by molar-refractivity contribution is 0.470. The van der Waals surface area contributed by atoms with Crippen LogP contribution < -0.4 is 5.63 Å². The topological polar surface area (TPSA) is 50.4 Å². The first-order valence-corrected chi connectivity index (χ1v) is 4.16. The fourth-order valence-corrected chi connectivity index (χ4v) is 1.22. The van der Waals surface area contributed by atoms with Gasteiger partial charge in [0.2, 0.25) is 0 Å². The molecule has 0 spiro atoms. The van der Waals surface area contributed by atoms with Crippen molar-refractivity contribution in [1.29, 1.82) is 0 Å². The third-order valence-corrected chi connectivity index (χ3v) is 1.86. The first-order valence-electron chi connectivity index (χ1n) is 4.16. The molecule has 0 fully saturated rings. The van der Waals surface area contributed by atoms with Crippen molar-refractivity contribution in [1.82, 2.24) is 0 Å². The van der Waals surface area contributed by atoms with Crippen molar-refractivity contribution in [3.8, 4) is 17.1 Å². The van der Waals surface area contributed by atoms with Crippen molar-refractivity contribution in [3.63, 3.8) is 0 Å². The molecule has 0 unspecified atom stereocenters. The maximum Gasteiger partial charge on any atom is 0.336 e. The normalized spacial score (nSPS) is 10.0. The highest BCUT2D eigenvalue weighted by Gasteiger charge is 2.04. The zero-order chi connectivity index (χ0) is 9.97. The maximum absolute atomic E-state index is 10.9. The molecule has 1 heterocycles.